The van der Waals surface area contributed by atoms with Crippen LogP contribution >= 0.6 is 11.6 Å². The first-order chi connectivity index (χ1) is 9.02. The molecule has 0 amide bonds. The Hall–Kier alpha value is -1.94. The van der Waals surface area contributed by atoms with Crippen LogP contribution in [-0.2, 0) is 0 Å². The molecule has 5 heteroatoms. The average molecular weight is 283 g/mol. The van der Waals surface area contributed by atoms with Crippen molar-refractivity contribution >= 4 is 17.4 Å². The molecular weight excluding hydrogens is 274 g/mol. The number of ketones is 1. The van der Waals surface area contributed by atoms with E-state index < -0.39 is 17.4 Å². The molecule has 0 aliphatic heterocycles. The van der Waals surface area contributed by atoms with E-state index >= 15 is 0 Å². The second-order valence-electron chi connectivity index (χ2n) is 3.81. The van der Waals surface area contributed by atoms with Crippen LogP contribution in [0.1, 0.15) is 15.9 Å². The lowest BCUT2D eigenvalue weighted by atomic mass is 10.0. The first-order valence-corrected chi connectivity index (χ1v) is 5.74. The summed E-state index contributed by atoms with van der Waals surface area (Å²) in [5, 5.41) is -0.153. The first kappa shape index (κ1) is 13.5. The van der Waals surface area contributed by atoms with Crippen LogP contribution in [0.2, 0.25) is 5.02 Å². The molecule has 0 fully saturated rings. The van der Waals surface area contributed by atoms with Gasteiger partial charge in [-0.15, -0.1) is 0 Å². The number of ether oxygens (including phenoxy) is 1. The standard InChI is InChI=1S/C14H9ClF2O2/c1-19-13-5-3-9(7-12(13)17)14(18)8-2-4-11(16)10(15)6-8/h2-7H,1H3. The lowest BCUT2D eigenvalue weighted by Crippen LogP contribution is -2.03. The molecule has 0 N–H and O–H groups in total. The minimum Gasteiger partial charge on any atom is -0.494 e. The van der Waals surface area contributed by atoms with Crippen molar-refractivity contribution in [2.24, 2.45) is 0 Å². The molecule has 0 saturated carbocycles. The quantitative estimate of drug-likeness (QED) is 0.799. The number of carbonyl (C=O) groups is 1. The summed E-state index contributed by atoms with van der Waals surface area (Å²) in [7, 11) is 1.33. The van der Waals surface area contributed by atoms with Gasteiger partial charge in [0.2, 0.25) is 0 Å². The second-order valence-corrected chi connectivity index (χ2v) is 4.21. The summed E-state index contributed by atoms with van der Waals surface area (Å²) in [5.74, 6) is -1.64. The third-order valence-electron chi connectivity index (χ3n) is 2.60. The summed E-state index contributed by atoms with van der Waals surface area (Å²) >= 11 is 5.60. The number of halogens is 3. The second kappa shape index (κ2) is 5.36. The highest BCUT2D eigenvalue weighted by atomic mass is 35.5. The molecule has 0 spiro atoms. The van der Waals surface area contributed by atoms with Gasteiger partial charge in [-0.2, -0.15) is 0 Å². The summed E-state index contributed by atoms with van der Waals surface area (Å²) in [4.78, 5) is 12.1. The third kappa shape index (κ3) is 2.74. The molecule has 19 heavy (non-hydrogen) atoms. The van der Waals surface area contributed by atoms with Crippen LogP contribution in [0, 0.1) is 11.6 Å². The molecule has 0 heterocycles. The predicted molar refractivity (Wildman–Crippen MR) is 67.8 cm³/mol. The molecule has 0 radical (unpaired) electrons. The SMILES string of the molecule is COc1ccc(C(=O)c2ccc(F)c(Cl)c2)cc1F. The predicted octanol–water partition coefficient (Wildman–Crippen LogP) is 3.86. The Morgan fingerprint density at radius 2 is 1.68 bits per heavy atom. The van der Waals surface area contributed by atoms with Crippen molar-refractivity contribution in [2.45, 2.75) is 0 Å². The van der Waals surface area contributed by atoms with Crippen LogP contribution in [0.3, 0.4) is 0 Å². The van der Waals surface area contributed by atoms with Gasteiger partial charge in [-0.05, 0) is 36.4 Å². The van der Waals surface area contributed by atoms with E-state index in [0.29, 0.717) is 0 Å². The molecule has 0 bridgehead atoms. The van der Waals surface area contributed by atoms with Crippen molar-refractivity contribution in [2.75, 3.05) is 7.11 Å². The zero-order chi connectivity index (χ0) is 14.0. The minimum absolute atomic E-state index is 0.0497. The lowest BCUT2D eigenvalue weighted by molar-refractivity contribution is 0.103. The van der Waals surface area contributed by atoms with E-state index in [4.69, 9.17) is 16.3 Å². The summed E-state index contributed by atoms with van der Waals surface area (Å²) in [5.41, 5.74) is 0.331. The van der Waals surface area contributed by atoms with Gasteiger partial charge >= 0.3 is 0 Å². The summed E-state index contributed by atoms with van der Waals surface area (Å²) < 4.78 is 31.3. The van der Waals surface area contributed by atoms with E-state index in [9.17, 15) is 13.6 Å². The van der Waals surface area contributed by atoms with Crippen LogP contribution in [-0.4, -0.2) is 12.9 Å². The molecule has 0 saturated heterocycles. The summed E-state index contributed by atoms with van der Waals surface area (Å²) in [6.07, 6.45) is 0. The Morgan fingerprint density at radius 3 is 2.26 bits per heavy atom. The van der Waals surface area contributed by atoms with Crippen molar-refractivity contribution in [1.29, 1.82) is 0 Å². The molecule has 0 aliphatic carbocycles. The van der Waals surface area contributed by atoms with Gasteiger partial charge in [-0.25, -0.2) is 8.78 Å². The molecule has 0 atom stereocenters. The van der Waals surface area contributed by atoms with Crippen molar-refractivity contribution in [1.82, 2.24) is 0 Å². The van der Waals surface area contributed by atoms with Crippen LogP contribution in [0.25, 0.3) is 0 Å². The van der Waals surface area contributed by atoms with E-state index in [0.717, 1.165) is 12.1 Å². The van der Waals surface area contributed by atoms with Crippen molar-refractivity contribution in [3.63, 3.8) is 0 Å². The van der Waals surface area contributed by atoms with Crippen LogP contribution in [0.15, 0.2) is 36.4 Å². The van der Waals surface area contributed by atoms with Crippen molar-refractivity contribution in [3.05, 3.63) is 64.2 Å². The van der Waals surface area contributed by atoms with Gasteiger partial charge in [0, 0.05) is 11.1 Å². The summed E-state index contributed by atoms with van der Waals surface area (Å²) in [6, 6.07) is 7.45. The topological polar surface area (TPSA) is 26.3 Å². The van der Waals surface area contributed by atoms with Gasteiger partial charge in [0.15, 0.2) is 17.3 Å². The number of hydrogen-bond acceptors (Lipinski definition) is 2. The van der Waals surface area contributed by atoms with E-state index in [-0.39, 0.29) is 21.9 Å². The highest BCUT2D eigenvalue weighted by Gasteiger charge is 2.13. The van der Waals surface area contributed by atoms with Gasteiger partial charge in [0.05, 0.1) is 12.1 Å². The molecule has 0 aromatic heterocycles. The third-order valence-corrected chi connectivity index (χ3v) is 2.89. The molecule has 2 rings (SSSR count). The van der Waals surface area contributed by atoms with E-state index in [1.54, 1.807) is 0 Å². The van der Waals surface area contributed by atoms with Gasteiger partial charge in [-0.1, -0.05) is 11.6 Å². The Kier molecular flexibility index (Phi) is 3.81. The number of benzene rings is 2. The first-order valence-electron chi connectivity index (χ1n) is 5.36. The molecule has 2 aromatic rings. The highest BCUT2D eigenvalue weighted by molar-refractivity contribution is 6.31. The Labute approximate surface area is 113 Å². The largest absolute Gasteiger partial charge is 0.494 e. The Balaban J connectivity index is 2.38. The van der Waals surface area contributed by atoms with E-state index in [1.165, 1.54) is 31.4 Å². The normalized spacial score (nSPS) is 10.3. The van der Waals surface area contributed by atoms with Gasteiger partial charge in [0.25, 0.3) is 0 Å². The maximum atomic E-state index is 13.5. The average Bonchev–Trinajstić information content (AvgIpc) is 2.41. The van der Waals surface area contributed by atoms with E-state index in [2.05, 4.69) is 0 Å². The maximum absolute atomic E-state index is 13.5. The monoisotopic (exact) mass is 282 g/mol. The van der Waals surface area contributed by atoms with Crippen molar-refractivity contribution < 1.29 is 18.3 Å². The summed E-state index contributed by atoms with van der Waals surface area (Å²) in [6.45, 7) is 0. The Morgan fingerprint density at radius 1 is 1.05 bits per heavy atom. The zero-order valence-electron chi connectivity index (χ0n) is 9.91. The van der Waals surface area contributed by atoms with Crippen LogP contribution in [0.5, 0.6) is 5.75 Å². The minimum atomic E-state index is -0.637. The highest BCUT2D eigenvalue weighted by Crippen LogP contribution is 2.22. The molecule has 2 aromatic carbocycles. The van der Waals surface area contributed by atoms with Gasteiger partial charge < -0.3 is 4.74 Å². The molecule has 2 nitrogen and oxygen atoms in total. The fraction of sp³-hybridized carbons (Fsp3) is 0.0714. The molecular formula is C14H9ClF2O2. The van der Waals surface area contributed by atoms with E-state index in [1.807, 2.05) is 0 Å². The van der Waals surface area contributed by atoms with Gasteiger partial charge in [0.1, 0.15) is 5.82 Å². The Bertz CT molecular complexity index is 641. The smallest absolute Gasteiger partial charge is 0.193 e. The number of rotatable bonds is 3. The maximum Gasteiger partial charge on any atom is 0.193 e. The molecule has 98 valence electrons. The van der Waals surface area contributed by atoms with Crippen molar-refractivity contribution in [3.8, 4) is 5.75 Å². The molecule has 0 unspecified atom stereocenters. The number of methoxy groups -OCH3 is 1. The number of hydrogen-bond donors (Lipinski definition) is 0. The lowest BCUT2D eigenvalue weighted by Gasteiger charge is -2.05. The fourth-order valence-electron chi connectivity index (χ4n) is 1.61. The molecule has 0 aliphatic rings. The fourth-order valence-corrected chi connectivity index (χ4v) is 1.79. The van der Waals surface area contributed by atoms with Gasteiger partial charge in [-0.3, -0.25) is 4.79 Å². The zero-order valence-corrected chi connectivity index (χ0v) is 10.7. The van der Waals surface area contributed by atoms with Crippen LogP contribution in [0.4, 0.5) is 8.78 Å². The number of carbonyl (C=O) groups excluding carboxylic acids is 1. The van der Waals surface area contributed by atoms with Crippen LogP contribution < -0.4 is 4.74 Å².